The molecule has 0 radical (unpaired) electrons. The smallest absolute Gasteiger partial charge is 0.232 e. The number of aromatic nitrogens is 2. The maximum Gasteiger partial charge on any atom is 0.232 e. The predicted octanol–water partition coefficient (Wildman–Crippen LogP) is 7.66. The van der Waals surface area contributed by atoms with Crippen LogP contribution in [-0.2, 0) is 15.8 Å². The third-order valence-electron chi connectivity index (χ3n) is 7.32. The number of rotatable bonds is 9. The molecule has 1 aliphatic rings. The van der Waals surface area contributed by atoms with E-state index in [0.717, 1.165) is 32.6 Å². The number of carbonyl (C=O) groups excluding carboxylic acids is 1. The number of hydrogen-bond donors (Lipinski definition) is 1. The third-order valence-corrected chi connectivity index (χ3v) is 14.3. The number of alkyl halides is 1. The number of anilines is 1. The minimum Gasteiger partial charge on any atom is -0.410 e. The van der Waals surface area contributed by atoms with Crippen LogP contribution in [0.4, 0.5) is 9.52 Å². The summed E-state index contributed by atoms with van der Waals surface area (Å²) >= 11 is 1.40. The Morgan fingerprint density at radius 3 is 2.40 bits per heavy atom. The van der Waals surface area contributed by atoms with E-state index in [1.54, 1.807) is 0 Å². The number of amides is 1. The van der Waals surface area contributed by atoms with Crippen LogP contribution in [-0.4, -0.2) is 30.4 Å². The summed E-state index contributed by atoms with van der Waals surface area (Å²) in [6.07, 6.45) is 1.21. The first kappa shape index (κ1) is 25.9. The van der Waals surface area contributed by atoms with Gasteiger partial charge in [0.25, 0.3) is 0 Å². The molecule has 0 bridgehead atoms. The van der Waals surface area contributed by atoms with Gasteiger partial charge in [-0.05, 0) is 59.3 Å². The summed E-state index contributed by atoms with van der Waals surface area (Å²) < 4.78 is 20.9. The van der Waals surface area contributed by atoms with Gasteiger partial charge in [-0.1, -0.05) is 58.9 Å². The first-order chi connectivity index (χ1) is 16.5. The molecular formula is C27H36FN3O2SSi. The van der Waals surface area contributed by atoms with E-state index in [2.05, 4.69) is 70.9 Å². The SMILES string of the molecule is Cc1cc(CO[Si](C(C)C)(C(C)C)C(C)C)ncc1-c1ccc2sc(NC(=O)[C@@H]3C[C@@H]3F)nc2c1. The van der Waals surface area contributed by atoms with Crippen molar-refractivity contribution in [2.24, 2.45) is 5.92 Å². The topological polar surface area (TPSA) is 64.1 Å². The van der Waals surface area contributed by atoms with Crippen molar-refractivity contribution in [1.82, 2.24) is 9.97 Å². The van der Waals surface area contributed by atoms with Gasteiger partial charge in [0, 0.05) is 11.8 Å². The monoisotopic (exact) mass is 513 g/mol. The van der Waals surface area contributed by atoms with E-state index in [1.807, 2.05) is 18.3 Å². The van der Waals surface area contributed by atoms with Gasteiger partial charge in [0.2, 0.25) is 14.2 Å². The van der Waals surface area contributed by atoms with Crippen LogP contribution >= 0.6 is 11.3 Å². The molecule has 0 spiro atoms. The largest absolute Gasteiger partial charge is 0.410 e. The van der Waals surface area contributed by atoms with E-state index >= 15 is 0 Å². The van der Waals surface area contributed by atoms with Crippen LogP contribution in [0.3, 0.4) is 0 Å². The summed E-state index contributed by atoms with van der Waals surface area (Å²) in [6, 6.07) is 8.21. The highest BCUT2D eigenvalue weighted by molar-refractivity contribution is 7.22. The number of nitrogens with zero attached hydrogens (tertiary/aromatic N) is 2. The molecule has 5 nitrogen and oxygen atoms in total. The number of thiazole rings is 1. The molecule has 2 atom stereocenters. The quantitative estimate of drug-likeness (QED) is 0.298. The third kappa shape index (κ3) is 5.20. The fraction of sp³-hybridized carbons (Fsp3) is 0.519. The Labute approximate surface area is 212 Å². The van der Waals surface area contributed by atoms with E-state index in [0.29, 0.717) is 34.8 Å². The lowest BCUT2D eigenvalue weighted by Gasteiger charge is -2.42. The molecule has 0 aliphatic heterocycles. The first-order valence-electron chi connectivity index (χ1n) is 12.5. The van der Waals surface area contributed by atoms with E-state index in [1.165, 1.54) is 11.3 Å². The van der Waals surface area contributed by atoms with Gasteiger partial charge in [-0.15, -0.1) is 0 Å². The van der Waals surface area contributed by atoms with Crippen LogP contribution in [0.5, 0.6) is 0 Å². The molecule has 3 aromatic rings. The molecule has 1 fully saturated rings. The number of halogens is 1. The molecule has 1 aliphatic carbocycles. The summed E-state index contributed by atoms with van der Waals surface area (Å²) in [5.74, 6) is -0.808. The zero-order valence-electron chi connectivity index (χ0n) is 21.7. The number of pyridine rings is 1. The second kappa shape index (κ2) is 10.1. The van der Waals surface area contributed by atoms with Gasteiger partial charge in [0.05, 0.1) is 28.4 Å². The lowest BCUT2D eigenvalue weighted by molar-refractivity contribution is -0.117. The van der Waals surface area contributed by atoms with Gasteiger partial charge in [-0.25, -0.2) is 9.37 Å². The highest BCUT2D eigenvalue weighted by Crippen LogP contribution is 2.43. The molecule has 188 valence electrons. The van der Waals surface area contributed by atoms with Crippen LogP contribution in [0, 0.1) is 12.8 Å². The van der Waals surface area contributed by atoms with Crippen molar-refractivity contribution in [3.05, 3.63) is 41.7 Å². The molecule has 2 aromatic heterocycles. The fourth-order valence-electron chi connectivity index (χ4n) is 5.48. The van der Waals surface area contributed by atoms with Gasteiger partial charge in [0.1, 0.15) is 6.17 Å². The molecule has 4 rings (SSSR count). The van der Waals surface area contributed by atoms with Gasteiger partial charge in [-0.2, -0.15) is 0 Å². The highest BCUT2D eigenvalue weighted by Gasteiger charge is 2.45. The Bertz CT molecular complexity index is 1200. The van der Waals surface area contributed by atoms with Gasteiger partial charge in [-0.3, -0.25) is 9.78 Å². The normalized spacial score (nSPS) is 18.1. The predicted molar refractivity (Wildman–Crippen MR) is 145 cm³/mol. The van der Waals surface area contributed by atoms with Gasteiger partial charge < -0.3 is 9.74 Å². The lowest BCUT2D eigenvalue weighted by Crippen LogP contribution is -2.47. The van der Waals surface area contributed by atoms with Crippen molar-refractivity contribution in [3.8, 4) is 11.1 Å². The van der Waals surface area contributed by atoms with Crippen LogP contribution in [0.1, 0.15) is 59.2 Å². The Morgan fingerprint density at radius 1 is 1.17 bits per heavy atom. The number of nitrogens with one attached hydrogen (secondary N) is 1. The Kier molecular flexibility index (Phi) is 7.45. The van der Waals surface area contributed by atoms with E-state index in [9.17, 15) is 9.18 Å². The second-order valence-electron chi connectivity index (χ2n) is 10.6. The second-order valence-corrected chi connectivity index (χ2v) is 17.1. The van der Waals surface area contributed by atoms with Crippen molar-refractivity contribution in [2.45, 2.75) is 84.3 Å². The average Bonchev–Trinajstić information content (AvgIpc) is 3.38. The van der Waals surface area contributed by atoms with Crippen LogP contribution in [0.15, 0.2) is 30.5 Å². The van der Waals surface area contributed by atoms with Crippen molar-refractivity contribution < 1.29 is 13.6 Å². The van der Waals surface area contributed by atoms with E-state index in [-0.39, 0.29) is 5.91 Å². The van der Waals surface area contributed by atoms with Gasteiger partial charge >= 0.3 is 0 Å². The Balaban J connectivity index is 1.51. The van der Waals surface area contributed by atoms with Crippen LogP contribution < -0.4 is 5.32 Å². The number of aryl methyl sites for hydroxylation is 1. The Hall–Kier alpha value is -2.16. The number of carbonyl (C=O) groups is 1. The summed E-state index contributed by atoms with van der Waals surface area (Å²) in [5.41, 5.74) is 6.57. The van der Waals surface area contributed by atoms with Crippen molar-refractivity contribution in [1.29, 1.82) is 0 Å². The number of hydrogen-bond acceptors (Lipinski definition) is 5. The van der Waals surface area contributed by atoms with E-state index < -0.39 is 20.4 Å². The molecule has 0 saturated heterocycles. The summed E-state index contributed by atoms with van der Waals surface area (Å²) in [7, 11) is -1.95. The minimum atomic E-state index is -1.95. The van der Waals surface area contributed by atoms with Crippen LogP contribution in [0.2, 0.25) is 16.6 Å². The van der Waals surface area contributed by atoms with Crippen molar-refractivity contribution >= 4 is 40.9 Å². The summed E-state index contributed by atoms with van der Waals surface area (Å²) in [6.45, 7) is 16.4. The standard InChI is InChI=1S/C27H36FN3O2SSi/c1-15(2)35(16(3)4,17(5)6)33-14-20-10-18(7)22(13-29-20)19-8-9-25-24(11-19)30-27(34-25)31-26(32)21-12-23(21)28/h8-11,13,15-17,21,23H,12,14H2,1-7H3,(H,30,31,32)/t21-,23+/m1/s1. The first-order valence-corrected chi connectivity index (χ1v) is 15.4. The maximum atomic E-state index is 13.2. The highest BCUT2D eigenvalue weighted by atomic mass is 32.1. The maximum absolute atomic E-state index is 13.2. The van der Waals surface area contributed by atoms with Crippen molar-refractivity contribution in [3.63, 3.8) is 0 Å². The molecular weight excluding hydrogens is 477 g/mol. The molecule has 8 heteroatoms. The zero-order chi connectivity index (χ0) is 25.5. The fourth-order valence-corrected chi connectivity index (χ4v) is 11.7. The van der Waals surface area contributed by atoms with Gasteiger partial charge in [0.15, 0.2) is 5.13 Å². The molecule has 1 amide bonds. The molecule has 1 saturated carbocycles. The average molecular weight is 514 g/mol. The Morgan fingerprint density at radius 2 is 1.83 bits per heavy atom. The summed E-state index contributed by atoms with van der Waals surface area (Å²) in [5, 5.41) is 3.27. The molecule has 35 heavy (non-hydrogen) atoms. The minimum absolute atomic E-state index is 0.283. The summed E-state index contributed by atoms with van der Waals surface area (Å²) in [4.78, 5) is 21.4. The number of benzene rings is 1. The van der Waals surface area contributed by atoms with Crippen molar-refractivity contribution in [2.75, 3.05) is 5.32 Å². The molecule has 1 aromatic carbocycles. The molecule has 1 N–H and O–H groups in total. The zero-order valence-corrected chi connectivity index (χ0v) is 23.5. The number of fused-ring (bicyclic) bond motifs is 1. The molecule has 2 heterocycles. The van der Waals surface area contributed by atoms with Crippen LogP contribution in [0.25, 0.3) is 21.3 Å². The lowest BCUT2D eigenvalue weighted by atomic mass is 10.0. The molecule has 0 unspecified atom stereocenters. The van der Waals surface area contributed by atoms with E-state index in [4.69, 9.17) is 9.41 Å².